The largest absolute Gasteiger partial charge is 0.301 e. The van der Waals surface area contributed by atoms with Gasteiger partial charge >= 0.3 is 0 Å². The van der Waals surface area contributed by atoms with E-state index in [1.54, 1.807) is 17.0 Å². The summed E-state index contributed by atoms with van der Waals surface area (Å²) in [6, 6.07) is 7.20. The molecule has 1 fully saturated rings. The first-order valence-electron chi connectivity index (χ1n) is 4.01. The molecule has 0 bridgehead atoms. The molecule has 1 aliphatic rings. The van der Waals surface area contributed by atoms with Crippen molar-refractivity contribution in [3.05, 3.63) is 29.3 Å². The summed E-state index contributed by atoms with van der Waals surface area (Å²) in [6.45, 7) is 0. The monoisotopic (exact) mass is 247 g/mol. The van der Waals surface area contributed by atoms with Gasteiger partial charge in [-0.1, -0.05) is 17.7 Å². The topological polar surface area (TPSA) is 20.3 Å². The van der Waals surface area contributed by atoms with Crippen LogP contribution in [-0.2, 0) is 4.79 Å². The van der Waals surface area contributed by atoms with E-state index in [1.807, 2.05) is 12.1 Å². The molecule has 5 heteroatoms. The van der Waals surface area contributed by atoms with Crippen molar-refractivity contribution in [1.82, 2.24) is 0 Å². The molecular weight excluding hydrogens is 241 g/mol. The number of nitrogens with zero attached hydrogens (tertiary/aromatic N) is 1. The predicted octanol–water partition coefficient (Wildman–Crippen LogP) is 2.94. The summed E-state index contributed by atoms with van der Waals surface area (Å²) in [5.41, 5.74) is 0.804. The average Bonchev–Trinajstić information content (AvgIpc) is 2.48. The van der Waals surface area contributed by atoms with Crippen LogP contribution < -0.4 is 4.90 Å². The highest BCUT2D eigenvalue weighted by Gasteiger charge is 2.31. The van der Waals surface area contributed by atoms with Crippen molar-refractivity contribution in [2.24, 2.45) is 0 Å². The summed E-state index contributed by atoms with van der Waals surface area (Å²) in [5, 5.41) is 0.623. The molecule has 2 nitrogen and oxygen atoms in total. The summed E-state index contributed by atoms with van der Waals surface area (Å²) in [4.78, 5) is 13.2. The number of anilines is 1. The lowest BCUT2D eigenvalue weighted by Crippen LogP contribution is -2.27. The van der Waals surface area contributed by atoms with Gasteiger partial charge in [0, 0.05) is 10.7 Å². The second-order valence-corrected chi connectivity index (χ2v) is 5.05. The van der Waals surface area contributed by atoms with Crippen LogP contribution in [0.1, 0.15) is 0 Å². The molecule has 0 N–H and O–H groups in total. The highest BCUT2D eigenvalue weighted by atomic mass is 35.5. The Balaban J connectivity index is 2.28. The van der Waals surface area contributed by atoms with Crippen LogP contribution in [0.3, 0.4) is 0 Å². The van der Waals surface area contributed by atoms with Crippen LogP contribution in [0.2, 0.25) is 5.02 Å². The number of hydrogen-bond acceptors (Lipinski definition) is 2. The fraction of sp³-hybridized carbons (Fsp3) is 0.222. The molecule has 2 rings (SSSR count). The van der Waals surface area contributed by atoms with E-state index in [0.717, 1.165) is 5.69 Å². The normalized spacial score (nSPS) is 21.7. The molecule has 1 atom stereocenters. The van der Waals surface area contributed by atoms with Crippen molar-refractivity contribution in [2.45, 2.75) is 4.71 Å². The maximum atomic E-state index is 11.5. The smallest absolute Gasteiger partial charge is 0.256 e. The van der Waals surface area contributed by atoms with E-state index in [-0.39, 0.29) is 5.91 Å². The SMILES string of the molecule is O=C1C(Cl)SCN1c1cccc(Cl)c1. The molecule has 14 heavy (non-hydrogen) atoms. The van der Waals surface area contributed by atoms with Gasteiger partial charge in [0.2, 0.25) is 0 Å². The molecule has 1 heterocycles. The van der Waals surface area contributed by atoms with Crippen molar-refractivity contribution in [3.63, 3.8) is 0 Å². The molecule has 0 radical (unpaired) electrons. The predicted molar refractivity (Wildman–Crippen MR) is 61.0 cm³/mol. The van der Waals surface area contributed by atoms with Gasteiger partial charge < -0.3 is 4.90 Å². The number of carbonyl (C=O) groups excluding carboxylic acids is 1. The van der Waals surface area contributed by atoms with Crippen molar-refractivity contribution in [1.29, 1.82) is 0 Å². The second-order valence-electron chi connectivity index (χ2n) is 2.86. The van der Waals surface area contributed by atoms with E-state index in [1.165, 1.54) is 11.8 Å². The number of hydrogen-bond donors (Lipinski definition) is 0. The lowest BCUT2D eigenvalue weighted by atomic mass is 10.3. The molecule has 1 saturated heterocycles. The minimum Gasteiger partial charge on any atom is -0.301 e. The van der Waals surface area contributed by atoms with E-state index in [2.05, 4.69) is 0 Å². The van der Waals surface area contributed by atoms with Crippen molar-refractivity contribution < 1.29 is 4.79 Å². The third-order valence-corrected chi connectivity index (χ3v) is 3.63. The Kier molecular flexibility index (Phi) is 2.91. The average molecular weight is 248 g/mol. The molecule has 0 saturated carbocycles. The molecule has 1 unspecified atom stereocenters. The van der Waals surface area contributed by atoms with Gasteiger partial charge in [-0.25, -0.2) is 0 Å². The van der Waals surface area contributed by atoms with Crippen LogP contribution in [0.4, 0.5) is 5.69 Å². The number of thioether (sulfide) groups is 1. The lowest BCUT2D eigenvalue weighted by Gasteiger charge is -2.14. The molecule has 0 aliphatic carbocycles. The zero-order valence-corrected chi connectivity index (χ0v) is 9.44. The Bertz CT molecular complexity index is 372. The van der Waals surface area contributed by atoms with Crippen LogP contribution >= 0.6 is 35.0 Å². The van der Waals surface area contributed by atoms with E-state index >= 15 is 0 Å². The Morgan fingerprint density at radius 3 is 2.86 bits per heavy atom. The molecule has 0 aromatic heterocycles. The highest BCUT2D eigenvalue weighted by Crippen LogP contribution is 2.32. The molecular formula is C9H7Cl2NOS. The highest BCUT2D eigenvalue weighted by molar-refractivity contribution is 8.02. The zero-order chi connectivity index (χ0) is 10.1. The van der Waals surface area contributed by atoms with E-state index < -0.39 is 4.71 Å². The van der Waals surface area contributed by atoms with Gasteiger partial charge in [-0.2, -0.15) is 0 Å². The minimum absolute atomic E-state index is 0.0704. The fourth-order valence-electron chi connectivity index (χ4n) is 1.24. The number of rotatable bonds is 1. The van der Waals surface area contributed by atoms with Crippen molar-refractivity contribution in [2.75, 3.05) is 10.8 Å². The minimum atomic E-state index is -0.464. The number of carbonyl (C=O) groups is 1. The Morgan fingerprint density at radius 2 is 2.29 bits per heavy atom. The zero-order valence-electron chi connectivity index (χ0n) is 7.11. The summed E-state index contributed by atoms with van der Waals surface area (Å²) in [5.74, 6) is 0.520. The first-order valence-corrected chi connectivity index (χ1v) is 5.87. The standard InChI is InChI=1S/C9H7Cl2NOS/c10-6-2-1-3-7(4-6)12-5-14-8(11)9(12)13/h1-4,8H,5H2. The first kappa shape index (κ1) is 10.1. The van der Waals surface area contributed by atoms with E-state index in [4.69, 9.17) is 23.2 Å². The van der Waals surface area contributed by atoms with Gasteiger partial charge in [0.15, 0.2) is 4.71 Å². The molecule has 1 aliphatic heterocycles. The maximum Gasteiger partial charge on any atom is 0.256 e. The summed E-state index contributed by atoms with van der Waals surface area (Å²) < 4.78 is -0.464. The fourth-order valence-corrected chi connectivity index (χ4v) is 2.54. The Labute approximate surface area is 96.2 Å². The van der Waals surface area contributed by atoms with E-state index in [0.29, 0.717) is 10.9 Å². The maximum absolute atomic E-state index is 11.5. The van der Waals surface area contributed by atoms with Gasteiger partial charge in [-0.3, -0.25) is 4.79 Å². The Hall–Kier alpha value is -0.380. The number of benzene rings is 1. The van der Waals surface area contributed by atoms with Gasteiger partial charge in [0.25, 0.3) is 5.91 Å². The quantitative estimate of drug-likeness (QED) is 0.712. The molecule has 1 aromatic rings. The number of halogens is 2. The first-order chi connectivity index (χ1) is 6.68. The lowest BCUT2D eigenvalue weighted by molar-refractivity contribution is -0.116. The Morgan fingerprint density at radius 1 is 1.50 bits per heavy atom. The summed E-state index contributed by atoms with van der Waals surface area (Å²) in [6.07, 6.45) is 0. The molecule has 74 valence electrons. The summed E-state index contributed by atoms with van der Waals surface area (Å²) >= 11 is 13.0. The van der Waals surface area contributed by atoms with Crippen LogP contribution in [0.25, 0.3) is 0 Å². The summed E-state index contributed by atoms with van der Waals surface area (Å²) in [7, 11) is 0. The van der Waals surface area contributed by atoms with Crippen LogP contribution in [0.15, 0.2) is 24.3 Å². The molecule has 1 amide bonds. The van der Waals surface area contributed by atoms with Crippen LogP contribution in [0, 0.1) is 0 Å². The van der Waals surface area contributed by atoms with Crippen molar-refractivity contribution in [3.8, 4) is 0 Å². The molecule has 1 aromatic carbocycles. The third-order valence-electron chi connectivity index (χ3n) is 1.93. The van der Waals surface area contributed by atoms with Gasteiger partial charge in [0.05, 0.1) is 5.88 Å². The van der Waals surface area contributed by atoms with Gasteiger partial charge in [-0.05, 0) is 18.2 Å². The van der Waals surface area contributed by atoms with Crippen molar-refractivity contribution >= 4 is 46.6 Å². The van der Waals surface area contributed by atoms with Crippen LogP contribution in [0.5, 0.6) is 0 Å². The number of alkyl halides is 1. The van der Waals surface area contributed by atoms with Crippen LogP contribution in [-0.4, -0.2) is 16.5 Å². The molecule has 0 spiro atoms. The third kappa shape index (κ3) is 1.85. The van der Waals surface area contributed by atoms with Gasteiger partial charge in [0.1, 0.15) is 0 Å². The van der Waals surface area contributed by atoms with Gasteiger partial charge in [-0.15, -0.1) is 23.4 Å². The second kappa shape index (κ2) is 4.01. The number of amides is 1. The van der Waals surface area contributed by atoms with E-state index in [9.17, 15) is 4.79 Å².